The summed E-state index contributed by atoms with van der Waals surface area (Å²) in [5, 5.41) is 8.23. The summed E-state index contributed by atoms with van der Waals surface area (Å²) >= 11 is 0. The fourth-order valence-corrected chi connectivity index (χ4v) is 2.44. The average Bonchev–Trinajstić information content (AvgIpc) is 2.42. The fraction of sp³-hybridized carbons (Fsp3) is 0.467. The number of hydrogen-bond donors (Lipinski definition) is 3. The van der Waals surface area contributed by atoms with E-state index in [0.717, 1.165) is 0 Å². The van der Waals surface area contributed by atoms with Crippen LogP contribution in [0.25, 0.3) is 0 Å². The van der Waals surface area contributed by atoms with Crippen molar-refractivity contribution in [3.05, 3.63) is 29.8 Å². The Hall–Kier alpha value is -2.18. The number of carbonyl (C=O) groups excluding carboxylic acids is 2. The number of nitrogens with one attached hydrogen (secondary N) is 3. The largest absolute Gasteiger partial charge is 0.349 e. The zero-order chi connectivity index (χ0) is 16.3. The summed E-state index contributed by atoms with van der Waals surface area (Å²) in [7, 11) is 0. The third kappa shape index (κ3) is 3.93. The molecule has 0 aromatic heterocycles. The van der Waals surface area contributed by atoms with Gasteiger partial charge in [0.1, 0.15) is 0 Å². The maximum Gasteiger partial charge on any atom is 0.319 e. The second-order valence-corrected chi connectivity index (χ2v) is 5.88. The number of rotatable bonds is 3. The van der Waals surface area contributed by atoms with E-state index in [9.17, 15) is 18.4 Å². The lowest BCUT2D eigenvalue weighted by Gasteiger charge is -2.39. The van der Waals surface area contributed by atoms with Crippen LogP contribution in [0.3, 0.4) is 0 Å². The van der Waals surface area contributed by atoms with Gasteiger partial charge in [0.25, 0.3) is 6.43 Å². The Kier molecular flexibility index (Phi) is 4.63. The molecule has 0 spiro atoms. The van der Waals surface area contributed by atoms with Crippen molar-refractivity contribution in [3.63, 3.8) is 0 Å². The lowest BCUT2D eigenvalue weighted by atomic mass is 9.87. The summed E-state index contributed by atoms with van der Waals surface area (Å²) < 4.78 is 24.9. The zero-order valence-electron chi connectivity index (χ0n) is 12.5. The van der Waals surface area contributed by atoms with E-state index in [1.54, 1.807) is 0 Å². The number of piperidine rings is 1. The first-order chi connectivity index (χ1) is 10.3. The van der Waals surface area contributed by atoms with Crippen LogP contribution in [-0.2, 0) is 4.79 Å². The molecule has 7 heteroatoms. The third-order valence-electron chi connectivity index (χ3n) is 3.72. The molecule has 120 valence electrons. The molecule has 0 bridgehead atoms. The highest BCUT2D eigenvalue weighted by Gasteiger charge is 2.36. The molecule has 22 heavy (non-hydrogen) atoms. The predicted octanol–water partition coefficient (Wildman–Crippen LogP) is 2.80. The van der Waals surface area contributed by atoms with Crippen molar-refractivity contribution < 1.29 is 18.4 Å². The number of amides is 3. The van der Waals surface area contributed by atoms with Crippen molar-refractivity contribution in [1.29, 1.82) is 0 Å². The summed E-state index contributed by atoms with van der Waals surface area (Å²) in [4.78, 5) is 23.4. The van der Waals surface area contributed by atoms with Crippen LogP contribution in [0.5, 0.6) is 0 Å². The Morgan fingerprint density at radius 2 is 1.95 bits per heavy atom. The number of hydrogen-bond acceptors (Lipinski definition) is 2. The molecular weight excluding hydrogens is 292 g/mol. The van der Waals surface area contributed by atoms with E-state index in [1.165, 1.54) is 24.3 Å². The van der Waals surface area contributed by atoms with E-state index in [2.05, 4.69) is 16.0 Å². The molecule has 1 aromatic carbocycles. The SMILES string of the molecule is CC1(C)NC(=O)CCC1NC(=O)Nc1ccc(C(F)F)cc1. The van der Waals surface area contributed by atoms with E-state index < -0.39 is 18.0 Å². The molecule has 1 aliphatic rings. The first kappa shape index (κ1) is 16.2. The maximum atomic E-state index is 12.5. The summed E-state index contributed by atoms with van der Waals surface area (Å²) in [6, 6.07) is 4.75. The summed E-state index contributed by atoms with van der Waals surface area (Å²) in [6.07, 6.45) is -1.62. The van der Waals surface area contributed by atoms with Crippen molar-refractivity contribution in [2.75, 3.05) is 5.32 Å². The van der Waals surface area contributed by atoms with Crippen LogP contribution >= 0.6 is 0 Å². The summed E-state index contributed by atoms with van der Waals surface area (Å²) in [5.41, 5.74) is -0.201. The van der Waals surface area contributed by atoms with Crippen LogP contribution in [-0.4, -0.2) is 23.5 Å². The lowest BCUT2D eigenvalue weighted by molar-refractivity contribution is -0.125. The Morgan fingerprint density at radius 1 is 1.32 bits per heavy atom. The van der Waals surface area contributed by atoms with Crippen molar-refractivity contribution in [3.8, 4) is 0 Å². The van der Waals surface area contributed by atoms with Gasteiger partial charge in [0.15, 0.2) is 0 Å². The standard InChI is InChI=1S/C15H19F2N3O2/c1-15(2)11(7-8-12(21)20-15)19-14(22)18-10-5-3-9(4-6-10)13(16)17/h3-6,11,13H,7-8H2,1-2H3,(H,20,21)(H2,18,19,22). The molecule has 1 aliphatic heterocycles. The molecule has 1 saturated heterocycles. The highest BCUT2D eigenvalue weighted by Crippen LogP contribution is 2.21. The molecule has 3 amide bonds. The quantitative estimate of drug-likeness (QED) is 0.803. The summed E-state index contributed by atoms with van der Waals surface area (Å²) in [5.74, 6) is -0.0361. The second-order valence-electron chi connectivity index (χ2n) is 5.88. The molecule has 1 atom stereocenters. The van der Waals surface area contributed by atoms with Crippen LogP contribution in [0.15, 0.2) is 24.3 Å². The van der Waals surface area contributed by atoms with E-state index in [4.69, 9.17) is 0 Å². The molecule has 2 rings (SSSR count). The molecule has 1 aromatic rings. The number of urea groups is 1. The maximum absolute atomic E-state index is 12.5. The van der Waals surface area contributed by atoms with Gasteiger partial charge in [-0.2, -0.15) is 0 Å². The molecule has 0 saturated carbocycles. The number of carbonyl (C=O) groups is 2. The van der Waals surface area contributed by atoms with Crippen LogP contribution in [0.4, 0.5) is 19.3 Å². The lowest BCUT2D eigenvalue weighted by Crippen LogP contribution is -2.62. The van der Waals surface area contributed by atoms with Crippen LogP contribution in [0, 0.1) is 0 Å². The Balaban J connectivity index is 1.94. The molecule has 1 unspecified atom stereocenters. The van der Waals surface area contributed by atoms with Crippen LogP contribution < -0.4 is 16.0 Å². The number of alkyl halides is 2. The van der Waals surface area contributed by atoms with E-state index in [-0.39, 0.29) is 17.5 Å². The van der Waals surface area contributed by atoms with Crippen LogP contribution in [0.2, 0.25) is 0 Å². The normalized spacial score (nSPS) is 20.4. The first-order valence-corrected chi connectivity index (χ1v) is 7.04. The Morgan fingerprint density at radius 3 is 2.50 bits per heavy atom. The van der Waals surface area contributed by atoms with Gasteiger partial charge in [-0.3, -0.25) is 4.79 Å². The fourth-order valence-electron chi connectivity index (χ4n) is 2.44. The minimum Gasteiger partial charge on any atom is -0.349 e. The third-order valence-corrected chi connectivity index (χ3v) is 3.72. The van der Waals surface area contributed by atoms with Gasteiger partial charge in [0.05, 0.1) is 11.6 Å². The Bertz CT molecular complexity index is 558. The zero-order valence-corrected chi connectivity index (χ0v) is 12.5. The molecule has 0 radical (unpaired) electrons. The topological polar surface area (TPSA) is 70.2 Å². The van der Waals surface area contributed by atoms with Gasteiger partial charge >= 0.3 is 6.03 Å². The van der Waals surface area contributed by atoms with Gasteiger partial charge in [-0.15, -0.1) is 0 Å². The second kappa shape index (κ2) is 6.29. The van der Waals surface area contributed by atoms with Gasteiger partial charge in [-0.25, -0.2) is 13.6 Å². The van der Waals surface area contributed by atoms with Gasteiger partial charge < -0.3 is 16.0 Å². The van der Waals surface area contributed by atoms with Gasteiger partial charge in [0, 0.05) is 17.7 Å². The first-order valence-electron chi connectivity index (χ1n) is 7.04. The minimum absolute atomic E-state index is 0.0361. The van der Waals surface area contributed by atoms with Gasteiger partial charge in [-0.1, -0.05) is 12.1 Å². The number of halogens is 2. The van der Waals surface area contributed by atoms with E-state index >= 15 is 0 Å². The highest BCUT2D eigenvalue weighted by molar-refractivity contribution is 5.89. The van der Waals surface area contributed by atoms with Crippen molar-refractivity contribution in [1.82, 2.24) is 10.6 Å². The van der Waals surface area contributed by atoms with Gasteiger partial charge in [-0.05, 0) is 32.4 Å². The molecule has 3 N–H and O–H groups in total. The highest BCUT2D eigenvalue weighted by atomic mass is 19.3. The smallest absolute Gasteiger partial charge is 0.319 e. The molecular formula is C15H19F2N3O2. The minimum atomic E-state index is -2.53. The average molecular weight is 311 g/mol. The molecule has 1 fully saturated rings. The summed E-state index contributed by atoms with van der Waals surface area (Å²) in [6.45, 7) is 3.68. The molecule has 5 nitrogen and oxygen atoms in total. The predicted molar refractivity (Wildman–Crippen MR) is 78.8 cm³/mol. The number of anilines is 1. The van der Waals surface area contributed by atoms with Crippen molar-refractivity contribution in [2.45, 2.75) is 44.7 Å². The van der Waals surface area contributed by atoms with E-state index in [0.29, 0.717) is 18.5 Å². The van der Waals surface area contributed by atoms with Crippen molar-refractivity contribution in [2.24, 2.45) is 0 Å². The van der Waals surface area contributed by atoms with Crippen LogP contribution in [0.1, 0.15) is 38.7 Å². The molecule has 0 aliphatic carbocycles. The monoisotopic (exact) mass is 311 g/mol. The number of benzene rings is 1. The van der Waals surface area contributed by atoms with Gasteiger partial charge in [0.2, 0.25) is 5.91 Å². The molecule has 1 heterocycles. The van der Waals surface area contributed by atoms with E-state index in [1.807, 2.05) is 13.8 Å². The van der Waals surface area contributed by atoms with Crippen molar-refractivity contribution >= 4 is 17.6 Å². The Labute approximate surface area is 127 Å².